The number of aromatic amines is 1. The SMILES string of the molecule is O=C(Nc1ccc(C2(c3nc4ccc(OC(F)F)cc4[nH]3)CCC2)cn1)c1cccc(Cl)c1. The summed E-state index contributed by atoms with van der Waals surface area (Å²) in [5.74, 6) is 0.971. The number of nitrogens with zero attached hydrogens (tertiary/aromatic N) is 2. The van der Waals surface area contributed by atoms with Gasteiger partial charge in [0.25, 0.3) is 5.91 Å². The van der Waals surface area contributed by atoms with Gasteiger partial charge in [0.2, 0.25) is 0 Å². The van der Waals surface area contributed by atoms with E-state index in [2.05, 4.69) is 20.0 Å². The topological polar surface area (TPSA) is 79.9 Å². The van der Waals surface area contributed by atoms with Gasteiger partial charge < -0.3 is 15.0 Å². The quantitative estimate of drug-likeness (QED) is 0.367. The summed E-state index contributed by atoms with van der Waals surface area (Å²) in [6.07, 6.45) is 4.53. The minimum atomic E-state index is -2.88. The van der Waals surface area contributed by atoms with Gasteiger partial charge in [-0.2, -0.15) is 8.78 Å². The predicted octanol–water partition coefficient (Wildman–Crippen LogP) is 5.94. The van der Waals surface area contributed by atoms with E-state index in [1.807, 2.05) is 6.07 Å². The van der Waals surface area contributed by atoms with Gasteiger partial charge >= 0.3 is 6.61 Å². The molecule has 0 bridgehead atoms. The predicted molar refractivity (Wildman–Crippen MR) is 121 cm³/mol. The molecule has 2 aromatic heterocycles. The number of nitrogens with one attached hydrogen (secondary N) is 2. The van der Waals surface area contributed by atoms with Gasteiger partial charge in [0.1, 0.15) is 17.4 Å². The first-order valence-electron chi connectivity index (χ1n) is 10.4. The first-order chi connectivity index (χ1) is 15.9. The minimum absolute atomic E-state index is 0.0804. The number of anilines is 1. The summed E-state index contributed by atoms with van der Waals surface area (Å²) in [4.78, 5) is 24.9. The standard InChI is InChI=1S/C24H19ClF2N4O2/c25-16-4-1-3-14(11-16)21(32)31-20-8-5-15(13-28-20)24(9-2-10-24)22-29-18-7-6-17(33-23(26)27)12-19(18)30-22/h1,3-8,11-13,23H,2,9-10H2,(H,29,30)(H,28,31,32). The van der Waals surface area contributed by atoms with Gasteiger partial charge in [-0.1, -0.05) is 30.2 Å². The van der Waals surface area contributed by atoms with Gasteiger partial charge in [0, 0.05) is 22.8 Å². The van der Waals surface area contributed by atoms with Gasteiger partial charge in [-0.25, -0.2) is 9.97 Å². The van der Waals surface area contributed by atoms with E-state index >= 15 is 0 Å². The van der Waals surface area contributed by atoms with Crippen molar-refractivity contribution in [3.05, 3.63) is 82.8 Å². The van der Waals surface area contributed by atoms with E-state index in [9.17, 15) is 13.6 Å². The van der Waals surface area contributed by atoms with Crippen molar-refractivity contribution in [1.29, 1.82) is 0 Å². The monoisotopic (exact) mass is 468 g/mol. The summed E-state index contributed by atoms with van der Waals surface area (Å²) in [5, 5.41) is 3.26. The second kappa shape index (κ2) is 8.44. The molecule has 1 saturated carbocycles. The van der Waals surface area contributed by atoms with Crippen molar-refractivity contribution in [3.8, 4) is 5.75 Å². The average molecular weight is 469 g/mol. The smallest absolute Gasteiger partial charge is 0.387 e. The number of amides is 1. The third kappa shape index (κ3) is 4.14. The van der Waals surface area contributed by atoms with Crippen LogP contribution in [0.25, 0.3) is 11.0 Å². The van der Waals surface area contributed by atoms with Gasteiger partial charge in [-0.3, -0.25) is 4.79 Å². The Labute approximate surface area is 193 Å². The van der Waals surface area contributed by atoms with Crippen molar-refractivity contribution < 1.29 is 18.3 Å². The molecule has 0 unspecified atom stereocenters. The summed E-state index contributed by atoms with van der Waals surface area (Å²) in [6.45, 7) is -2.88. The molecule has 4 aromatic rings. The van der Waals surface area contributed by atoms with E-state index in [0.717, 1.165) is 30.7 Å². The molecule has 1 aliphatic carbocycles. The Balaban J connectivity index is 1.39. The Kier molecular flexibility index (Phi) is 5.46. The normalized spacial score (nSPS) is 14.8. The Morgan fingerprint density at radius 3 is 2.67 bits per heavy atom. The van der Waals surface area contributed by atoms with Crippen LogP contribution in [0.5, 0.6) is 5.75 Å². The highest BCUT2D eigenvalue weighted by Gasteiger charge is 2.43. The maximum Gasteiger partial charge on any atom is 0.387 e. The maximum atomic E-state index is 12.5. The number of ether oxygens (including phenoxy) is 1. The van der Waals surface area contributed by atoms with Crippen LogP contribution in [0.2, 0.25) is 5.02 Å². The lowest BCUT2D eigenvalue weighted by Gasteiger charge is -2.40. The molecular weight excluding hydrogens is 450 g/mol. The number of rotatable bonds is 6. The summed E-state index contributed by atoms with van der Waals surface area (Å²) < 4.78 is 29.6. The fourth-order valence-electron chi connectivity index (χ4n) is 4.15. The summed E-state index contributed by atoms with van der Waals surface area (Å²) in [6, 6.07) is 15.0. The lowest BCUT2D eigenvalue weighted by atomic mass is 9.64. The summed E-state index contributed by atoms with van der Waals surface area (Å²) in [7, 11) is 0. The molecule has 168 valence electrons. The first kappa shape index (κ1) is 21.3. The van der Waals surface area contributed by atoms with Crippen LogP contribution in [0.15, 0.2) is 60.8 Å². The molecule has 0 saturated heterocycles. The van der Waals surface area contributed by atoms with Crippen molar-refractivity contribution in [2.45, 2.75) is 31.3 Å². The van der Waals surface area contributed by atoms with Gasteiger partial charge in [0.05, 0.1) is 16.4 Å². The Hall–Kier alpha value is -3.52. The Morgan fingerprint density at radius 1 is 1.15 bits per heavy atom. The van der Waals surface area contributed by atoms with E-state index in [0.29, 0.717) is 27.4 Å². The van der Waals surface area contributed by atoms with Crippen molar-refractivity contribution >= 4 is 34.4 Å². The Bertz CT molecular complexity index is 1320. The fraction of sp³-hybridized carbons (Fsp3) is 0.208. The van der Waals surface area contributed by atoms with E-state index in [1.165, 1.54) is 12.1 Å². The first-order valence-corrected chi connectivity index (χ1v) is 10.8. The molecule has 2 aromatic carbocycles. The highest BCUT2D eigenvalue weighted by atomic mass is 35.5. The zero-order valence-corrected chi connectivity index (χ0v) is 18.1. The average Bonchev–Trinajstić information content (AvgIpc) is 3.17. The third-order valence-corrected chi connectivity index (χ3v) is 6.22. The van der Waals surface area contributed by atoms with E-state index in [4.69, 9.17) is 16.6 Å². The largest absolute Gasteiger partial charge is 0.435 e. The number of imidazole rings is 1. The van der Waals surface area contributed by atoms with Crippen molar-refractivity contribution in [2.75, 3.05) is 5.32 Å². The zero-order valence-electron chi connectivity index (χ0n) is 17.3. The minimum Gasteiger partial charge on any atom is -0.435 e. The van der Waals surface area contributed by atoms with E-state index in [1.54, 1.807) is 42.6 Å². The number of carbonyl (C=O) groups excluding carboxylic acids is 1. The van der Waals surface area contributed by atoms with Crippen molar-refractivity contribution in [3.63, 3.8) is 0 Å². The second-order valence-electron chi connectivity index (χ2n) is 7.98. The molecule has 9 heteroatoms. The number of hydrogen-bond donors (Lipinski definition) is 2. The summed E-state index contributed by atoms with van der Waals surface area (Å²) >= 11 is 5.96. The fourth-order valence-corrected chi connectivity index (χ4v) is 4.34. The van der Waals surface area contributed by atoms with Crippen LogP contribution in [0, 0.1) is 0 Å². The van der Waals surface area contributed by atoms with Crippen molar-refractivity contribution in [2.24, 2.45) is 0 Å². The summed E-state index contributed by atoms with van der Waals surface area (Å²) in [5.41, 5.74) is 2.38. The number of H-pyrrole nitrogens is 1. The molecule has 1 amide bonds. The number of pyridine rings is 1. The highest BCUT2D eigenvalue weighted by Crippen LogP contribution is 2.48. The van der Waals surface area contributed by atoms with Crippen LogP contribution in [0.3, 0.4) is 0 Å². The molecule has 2 N–H and O–H groups in total. The molecule has 1 aliphatic rings. The van der Waals surface area contributed by atoms with E-state index in [-0.39, 0.29) is 17.1 Å². The molecular formula is C24H19ClF2N4O2. The molecule has 0 radical (unpaired) electrons. The number of carbonyl (C=O) groups is 1. The number of fused-ring (bicyclic) bond motifs is 1. The number of aromatic nitrogens is 3. The van der Waals surface area contributed by atoms with Crippen molar-refractivity contribution in [1.82, 2.24) is 15.0 Å². The van der Waals surface area contributed by atoms with Crippen LogP contribution in [-0.2, 0) is 5.41 Å². The lowest BCUT2D eigenvalue weighted by molar-refractivity contribution is -0.0497. The molecule has 6 nitrogen and oxygen atoms in total. The van der Waals surface area contributed by atoms with Crippen LogP contribution < -0.4 is 10.1 Å². The van der Waals surface area contributed by atoms with Crippen LogP contribution in [-0.4, -0.2) is 27.5 Å². The van der Waals surface area contributed by atoms with E-state index < -0.39 is 6.61 Å². The maximum absolute atomic E-state index is 12.5. The molecule has 0 spiro atoms. The molecule has 0 atom stereocenters. The molecule has 0 aliphatic heterocycles. The molecule has 33 heavy (non-hydrogen) atoms. The van der Waals surface area contributed by atoms with Crippen LogP contribution in [0.1, 0.15) is 41.0 Å². The van der Waals surface area contributed by atoms with Gasteiger partial charge in [-0.05, 0) is 54.8 Å². The lowest BCUT2D eigenvalue weighted by Crippen LogP contribution is -2.36. The molecule has 5 rings (SSSR count). The molecule has 2 heterocycles. The zero-order chi connectivity index (χ0) is 23.0. The number of halogens is 3. The highest BCUT2D eigenvalue weighted by molar-refractivity contribution is 6.31. The third-order valence-electron chi connectivity index (χ3n) is 5.98. The van der Waals surface area contributed by atoms with Crippen LogP contribution in [0.4, 0.5) is 14.6 Å². The number of alkyl halides is 2. The number of hydrogen-bond acceptors (Lipinski definition) is 4. The second-order valence-corrected chi connectivity index (χ2v) is 8.41. The van der Waals surface area contributed by atoms with Crippen LogP contribution >= 0.6 is 11.6 Å². The van der Waals surface area contributed by atoms with Gasteiger partial charge in [0.15, 0.2) is 0 Å². The molecule has 1 fully saturated rings. The van der Waals surface area contributed by atoms with Gasteiger partial charge in [-0.15, -0.1) is 0 Å². The Morgan fingerprint density at radius 2 is 2.00 bits per heavy atom. The number of benzene rings is 2.